The van der Waals surface area contributed by atoms with E-state index in [0.717, 1.165) is 5.56 Å². The minimum atomic E-state index is -0.817. The molecule has 0 aliphatic carbocycles. The summed E-state index contributed by atoms with van der Waals surface area (Å²) in [5.41, 5.74) is 6.29. The summed E-state index contributed by atoms with van der Waals surface area (Å²) in [6.07, 6.45) is 0.312. The topological polar surface area (TPSA) is 101 Å². The molecule has 0 saturated heterocycles. The van der Waals surface area contributed by atoms with Crippen LogP contribution in [0, 0.1) is 5.92 Å². The predicted molar refractivity (Wildman–Crippen MR) is 96.9 cm³/mol. The van der Waals surface area contributed by atoms with Crippen LogP contribution in [0.4, 0.5) is 0 Å². The van der Waals surface area contributed by atoms with Gasteiger partial charge in [-0.25, -0.2) is 0 Å². The molecule has 0 aliphatic heterocycles. The molecule has 0 bridgehead atoms. The summed E-state index contributed by atoms with van der Waals surface area (Å²) in [5.74, 6) is -1.34. The number of rotatable bonds is 8. The summed E-state index contributed by atoms with van der Waals surface area (Å²) >= 11 is 1.93. The molecule has 2 atom stereocenters. The zero-order valence-corrected chi connectivity index (χ0v) is 15.4. The van der Waals surface area contributed by atoms with Crippen LogP contribution in [0.5, 0.6) is 0 Å². The molecule has 126 valence electrons. The lowest BCUT2D eigenvalue weighted by molar-refractivity contribution is -0.131. The Morgan fingerprint density at radius 3 is 2.22 bits per heavy atom. The fraction of sp³-hybridized carbons (Fsp3) is 0.438. The molecule has 1 aromatic carbocycles. The molecule has 7 heteroatoms. The maximum atomic E-state index is 12.4. The van der Waals surface area contributed by atoms with Gasteiger partial charge in [-0.2, -0.15) is 0 Å². The molecule has 1 rings (SSSR count). The van der Waals surface area contributed by atoms with E-state index in [0.29, 0.717) is 6.42 Å². The van der Waals surface area contributed by atoms with Crippen molar-refractivity contribution >= 4 is 40.3 Å². The zero-order chi connectivity index (χ0) is 17.4. The summed E-state index contributed by atoms with van der Waals surface area (Å²) in [5, 5.41) is 5.31. The summed E-state index contributed by atoms with van der Waals surface area (Å²) in [7, 11) is 0. The first-order valence-corrected chi connectivity index (χ1v) is 8.86. The van der Waals surface area contributed by atoms with Crippen molar-refractivity contribution in [2.24, 2.45) is 11.7 Å². The standard InChI is InChI=1S/C16H22IN3O3/c1-10(2)14(20-13(21)9-17)16(23)19-12(15(18)22)8-11-6-4-3-5-7-11/h3-7,10,12,14H,8-9H2,1-2H3,(H2,18,22)(H,19,23)(H,20,21). The second kappa shape index (κ2) is 9.49. The van der Waals surface area contributed by atoms with E-state index < -0.39 is 23.9 Å². The van der Waals surface area contributed by atoms with Gasteiger partial charge in [0.1, 0.15) is 12.1 Å². The van der Waals surface area contributed by atoms with Crippen molar-refractivity contribution in [3.63, 3.8) is 0 Å². The fourth-order valence-electron chi connectivity index (χ4n) is 2.08. The van der Waals surface area contributed by atoms with E-state index >= 15 is 0 Å². The highest BCUT2D eigenvalue weighted by molar-refractivity contribution is 14.1. The molecule has 1 aromatic rings. The first kappa shape index (κ1) is 19.4. The first-order chi connectivity index (χ1) is 10.8. The lowest BCUT2D eigenvalue weighted by Crippen LogP contribution is -2.55. The average Bonchev–Trinajstić information content (AvgIpc) is 2.52. The van der Waals surface area contributed by atoms with Gasteiger partial charge in [-0.1, -0.05) is 66.8 Å². The van der Waals surface area contributed by atoms with Gasteiger partial charge >= 0.3 is 0 Å². The van der Waals surface area contributed by atoms with Gasteiger partial charge in [-0.15, -0.1) is 0 Å². The van der Waals surface area contributed by atoms with Gasteiger partial charge in [0.15, 0.2) is 0 Å². The third kappa shape index (κ3) is 6.55. The molecule has 0 aliphatic rings. The maximum Gasteiger partial charge on any atom is 0.243 e. The number of halogens is 1. The SMILES string of the molecule is CC(C)C(NC(=O)CI)C(=O)NC(Cc1ccccc1)C(N)=O. The smallest absolute Gasteiger partial charge is 0.243 e. The molecule has 6 nitrogen and oxygen atoms in total. The number of hydrogen-bond acceptors (Lipinski definition) is 3. The molecule has 0 heterocycles. The number of nitrogens with two attached hydrogens (primary N) is 1. The van der Waals surface area contributed by atoms with Crippen LogP contribution in [0.3, 0.4) is 0 Å². The van der Waals surface area contributed by atoms with Crippen LogP contribution in [0.1, 0.15) is 19.4 Å². The van der Waals surface area contributed by atoms with Crippen LogP contribution in [0.2, 0.25) is 0 Å². The highest BCUT2D eigenvalue weighted by atomic mass is 127. The second-order valence-corrected chi connectivity index (χ2v) is 6.34. The van der Waals surface area contributed by atoms with Crippen molar-refractivity contribution in [1.82, 2.24) is 10.6 Å². The molecule has 4 N–H and O–H groups in total. The van der Waals surface area contributed by atoms with Crippen LogP contribution in [0.25, 0.3) is 0 Å². The van der Waals surface area contributed by atoms with Crippen molar-refractivity contribution in [2.45, 2.75) is 32.4 Å². The molecule has 0 fully saturated rings. The molecule has 0 saturated carbocycles. The monoisotopic (exact) mass is 431 g/mol. The number of alkyl halides is 1. The van der Waals surface area contributed by atoms with Gasteiger partial charge in [0.05, 0.1) is 4.43 Å². The van der Waals surface area contributed by atoms with Crippen molar-refractivity contribution in [3.8, 4) is 0 Å². The highest BCUT2D eigenvalue weighted by Gasteiger charge is 2.27. The predicted octanol–water partition coefficient (Wildman–Crippen LogP) is 0.775. The lowest BCUT2D eigenvalue weighted by Gasteiger charge is -2.24. The first-order valence-electron chi connectivity index (χ1n) is 7.34. The molecule has 2 unspecified atom stereocenters. The van der Waals surface area contributed by atoms with E-state index in [1.54, 1.807) is 0 Å². The summed E-state index contributed by atoms with van der Waals surface area (Å²) in [6.45, 7) is 3.66. The summed E-state index contributed by atoms with van der Waals surface area (Å²) < 4.78 is 0.261. The van der Waals surface area contributed by atoms with Crippen molar-refractivity contribution in [3.05, 3.63) is 35.9 Å². The largest absolute Gasteiger partial charge is 0.368 e. The van der Waals surface area contributed by atoms with Crippen molar-refractivity contribution in [2.75, 3.05) is 4.43 Å². The van der Waals surface area contributed by atoms with Crippen LogP contribution in [-0.4, -0.2) is 34.2 Å². The molecular weight excluding hydrogens is 409 g/mol. The van der Waals surface area contributed by atoms with E-state index in [1.165, 1.54) is 0 Å². The van der Waals surface area contributed by atoms with E-state index in [2.05, 4.69) is 10.6 Å². The minimum Gasteiger partial charge on any atom is -0.368 e. The van der Waals surface area contributed by atoms with Gasteiger partial charge in [-0.05, 0) is 11.5 Å². The number of carbonyl (C=O) groups excluding carboxylic acids is 3. The average molecular weight is 431 g/mol. The van der Waals surface area contributed by atoms with E-state index in [1.807, 2.05) is 66.8 Å². The molecular formula is C16H22IN3O3. The number of hydrogen-bond donors (Lipinski definition) is 3. The number of amides is 3. The fourth-order valence-corrected chi connectivity index (χ4v) is 2.30. The molecule has 0 spiro atoms. The molecule has 23 heavy (non-hydrogen) atoms. The van der Waals surface area contributed by atoms with Crippen molar-refractivity contribution < 1.29 is 14.4 Å². The number of carbonyl (C=O) groups is 3. The summed E-state index contributed by atoms with van der Waals surface area (Å²) in [4.78, 5) is 35.6. The van der Waals surface area contributed by atoms with E-state index in [4.69, 9.17) is 5.73 Å². The summed E-state index contributed by atoms with van der Waals surface area (Å²) in [6, 6.07) is 7.78. The maximum absolute atomic E-state index is 12.4. The van der Waals surface area contributed by atoms with E-state index in [-0.39, 0.29) is 16.3 Å². The van der Waals surface area contributed by atoms with Crippen LogP contribution in [-0.2, 0) is 20.8 Å². The molecule has 3 amide bonds. The van der Waals surface area contributed by atoms with Gasteiger partial charge < -0.3 is 16.4 Å². The minimum absolute atomic E-state index is 0.104. The number of nitrogens with one attached hydrogen (secondary N) is 2. The zero-order valence-electron chi connectivity index (χ0n) is 13.2. The Kier molecular flexibility index (Phi) is 8.01. The Balaban J connectivity index is 2.79. The third-order valence-electron chi connectivity index (χ3n) is 3.33. The van der Waals surface area contributed by atoms with Crippen LogP contribution >= 0.6 is 22.6 Å². The second-order valence-electron chi connectivity index (χ2n) is 5.58. The van der Waals surface area contributed by atoms with Gasteiger partial charge in [-0.3, -0.25) is 14.4 Å². The lowest BCUT2D eigenvalue weighted by atomic mass is 10.0. The van der Waals surface area contributed by atoms with Gasteiger partial charge in [0.25, 0.3) is 0 Å². The normalized spacial score (nSPS) is 13.2. The van der Waals surface area contributed by atoms with Crippen LogP contribution in [0.15, 0.2) is 30.3 Å². The van der Waals surface area contributed by atoms with Crippen LogP contribution < -0.4 is 16.4 Å². The van der Waals surface area contributed by atoms with E-state index in [9.17, 15) is 14.4 Å². The Morgan fingerprint density at radius 1 is 1.13 bits per heavy atom. The highest BCUT2D eigenvalue weighted by Crippen LogP contribution is 2.06. The Morgan fingerprint density at radius 2 is 1.74 bits per heavy atom. The quantitative estimate of drug-likeness (QED) is 0.419. The molecule has 0 radical (unpaired) electrons. The van der Waals surface area contributed by atoms with Gasteiger partial charge in [0.2, 0.25) is 17.7 Å². The Labute approximate surface area is 149 Å². The number of primary amides is 1. The number of benzene rings is 1. The van der Waals surface area contributed by atoms with Crippen molar-refractivity contribution in [1.29, 1.82) is 0 Å². The Hall–Kier alpha value is -1.64. The Bertz CT molecular complexity index is 549. The third-order valence-corrected chi connectivity index (χ3v) is 4.02. The molecule has 0 aromatic heterocycles. The van der Waals surface area contributed by atoms with Gasteiger partial charge in [0, 0.05) is 6.42 Å².